The van der Waals surface area contributed by atoms with Crippen molar-refractivity contribution in [3.63, 3.8) is 0 Å². The predicted molar refractivity (Wildman–Crippen MR) is 77.6 cm³/mol. The van der Waals surface area contributed by atoms with Gasteiger partial charge in [0, 0.05) is 17.8 Å². The van der Waals surface area contributed by atoms with E-state index >= 15 is 0 Å². The van der Waals surface area contributed by atoms with E-state index in [4.69, 9.17) is 0 Å². The Bertz CT molecular complexity index is 688. The number of amides is 1. The zero-order chi connectivity index (χ0) is 15.7. The lowest BCUT2D eigenvalue weighted by Crippen LogP contribution is -2.32. The van der Waals surface area contributed by atoms with Gasteiger partial charge < -0.3 is 10.6 Å². The fourth-order valence-corrected chi connectivity index (χ4v) is 2.46. The highest BCUT2D eigenvalue weighted by atomic mass is 19.4. The van der Waals surface area contributed by atoms with Crippen LogP contribution in [0.25, 0.3) is 0 Å². The summed E-state index contributed by atoms with van der Waals surface area (Å²) in [5, 5.41) is 5.59. The molecule has 2 aromatic rings. The maximum atomic E-state index is 12.7. The van der Waals surface area contributed by atoms with Crippen LogP contribution in [0.15, 0.2) is 48.5 Å². The van der Waals surface area contributed by atoms with E-state index in [1.165, 1.54) is 12.1 Å². The maximum Gasteiger partial charge on any atom is 0.416 e. The fourth-order valence-electron chi connectivity index (χ4n) is 2.46. The number of rotatable bonds is 2. The molecule has 0 saturated heterocycles. The smallest absolute Gasteiger partial charge is 0.373 e. The number of hydrogen-bond acceptors (Lipinski definition) is 2. The summed E-state index contributed by atoms with van der Waals surface area (Å²) in [4.78, 5) is 12.2. The summed E-state index contributed by atoms with van der Waals surface area (Å²) in [6.45, 7) is 0. The number of nitrogens with one attached hydrogen (secondary N) is 2. The SMILES string of the molecule is O=C(Nc1cccc(C(F)(F)F)c1)C1Cc2ccccc2N1. The minimum atomic E-state index is -4.43. The standard InChI is InChI=1S/C16H13F3N2O/c17-16(18,19)11-5-3-6-12(9-11)20-15(22)14-8-10-4-1-2-7-13(10)21-14/h1-7,9,14,21H,8H2,(H,20,22). The van der Waals surface area contributed by atoms with E-state index in [0.717, 1.165) is 23.4 Å². The molecule has 3 nitrogen and oxygen atoms in total. The highest BCUT2D eigenvalue weighted by molar-refractivity contribution is 5.98. The van der Waals surface area contributed by atoms with Crippen LogP contribution < -0.4 is 10.6 Å². The summed E-state index contributed by atoms with van der Waals surface area (Å²) in [5.74, 6) is -0.351. The lowest BCUT2D eigenvalue weighted by atomic mass is 10.1. The average molecular weight is 306 g/mol. The first kappa shape index (κ1) is 14.4. The predicted octanol–water partition coefficient (Wildman–Crippen LogP) is 3.68. The number of hydrogen-bond donors (Lipinski definition) is 2. The second kappa shape index (κ2) is 5.36. The van der Waals surface area contributed by atoms with Crippen LogP contribution >= 0.6 is 0 Å². The van der Waals surface area contributed by atoms with Gasteiger partial charge in [-0.1, -0.05) is 24.3 Å². The Hall–Kier alpha value is -2.50. The van der Waals surface area contributed by atoms with Gasteiger partial charge >= 0.3 is 6.18 Å². The first-order valence-corrected chi connectivity index (χ1v) is 6.76. The Morgan fingerprint density at radius 1 is 1.14 bits per heavy atom. The van der Waals surface area contributed by atoms with Gasteiger partial charge in [0.25, 0.3) is 0 Å². The molecule has 0 aliphatic carbocycles. The Morgan fingerprint density at radius 2 is 1.91 bits per heavy atom. The first-order valence-electron chi connectivity index (χ1n) is 6.76. The zero-order valence-corrected chi connectivity index (χ0v) is 11.4. The average Bonchev–Trinajstić information content (AvgIpc) is 2.90. The minimum absolute atomic E-state index is 0.137. The second-order valence-corrected chi connectivity index (χ2v) is 5.13. The third-order valence-electron chi connectivity index (χ3n) is 3.55. The highest BCUT2D eigenvalue weighted by Crippen LogP contribution is 2.31. The molecule has 114 valence electrons. The van der Waals surface area contributed by atoms with Crippen LogP contribution in [0.2, 0.25) is 0 Å². The Balaban J connectivity index is 1.71. The number of halogens is 3. The number of carbonyl (C=O) groups is 1. The van der Waals surface area contributed by atoms with Gasteiger partial charge in [0.05, 0.1) is 5.56 Å². The molecular weight excluding hydrogens is 293 g/mol. The number of para-hydroxylation sites is 1. The molecule has 0 radical (unpaired) electrons. The number of alkyl halides is 3. The van der Waals surface area contributed by atoms with Gasteiger partial charge in [-0.05, 0) is 29.8 Å². The fraction of sp³-hybridized carbons (Fsp3) is 0.188. The molecule has 0 bridgehead atoms. The second-order valence-electron chi connectivity index (χ2n) is 5.13. The zero-order valence-electron chi connectivity index (χ0n) is 11.4. The molecular formula is C16H13F3N2O. The van der Waals surface area contributed by atoms with E-state index in [9.17, 15) is 18.0 Å². The van der Waals surface area contributed by atoms with E-state index in [1.54, 1.807) is 0 Å². The summed E-state index contributed by atoms with van der Waals surface area (Å²) < 4.78 is 38.0. The molecule has 0 fully saturated rings. The Morgan fingerprint density at radius 3 is 2.64 bits per heavy atom. The molecule has 1 heterocycles. The maximum absolute atomic E-state index is 12.7. The van der Waals surface area contributed by atoms with Crippen molar-refractivity contribution in [1.82, 2.24) is 0 Å². The van der Waals surface area contributed by atoms with Crippen molar-refractivity contribution in [3.05, 3.63) is 59.7 Å². The Kier molecular flexibility index (Phi) is 3.52. The summed E-state index contributed by atoms with van der Waals surface area (Å²) in [6, 6.07) is 11.7. The number of carbonyl (C=O) groups excluding carboxylic acids is 1. The van der Waals surface area contributed by atoms with Crippen molar-refractivity contribution in [2.24, 2.45) is 0 Å². The molecule has 0 aromatic heterocycles. The van der Waals surface area contributed by atoms with Gasteiger partial charge in [-0.3, -0.25) is 4.79 Å². The third kappa shape index (κ3) is 2.90. The largest absolute Gasteiger partial charge is 0.416 e. The number of anilines is 2. The summed E-state index contributed by atoms with van der Waals surface area (Å²) in [6.07, 6.45) is -3.91. The van der Waals surface area contributed by atoms with Crippen molar-refractivity contribution in [2.45, 2.75) is 18.6 Å². The van der Waals surface area contributed by atoms with Crippen LogP contribution in [0.3, 0.4) is 0 Å². The van der Waals surface area contributed by atoms with Crippen LogP contribution in [-0.4, -0.2) is 11.9 Å². The minimum Gasteiger partial charge on any atom is -0.373 e. The van der Waals surface area contributed by atoms with Crippen LogP contribution in [0.1, 0.15) is 11.1 Å². The lowest BCUT2D eigenvalue weighted by molar-refractivity contribution is -0.137. The molecule has 6 heteroatoms. The van der Waals surface area contributed by atoms with Crippen LogP contribution in [0, 0.1) is 0 Å². The molecule has 1 aliphatic rings. The van der Waals surface area contributed by atoms with Gasteiger partial charge in [-0.15, -0.1) is 0 Å². The van der Waals surface area contributed by atoms with Crippen molar-refractivity contribution >= 4 is 17.3 Å². The van der Waals surface area contributed by atoms with Gasteiger partial charge in [-0.25, -0.2) is 0 Å². The topological polar surface area (TPSA) is 41.1 Å². The monoisotopic (exact) mass is 306 g/mol. The molecule has 1 amide bonds. The van der Waals surface area contributed by atoms with Gasteiger partial charge in [0.1, 0.15) is 6.04 Å². The quantitative estimate of drug-likeness (QED) is 0.888. The van der Waals surface area contributed by atoms with Crippen molar-refractivity contribution < 1.29 is 18.0 Å². The molecule has 1 aliphatic heterocycles. The summed E-state index contributed by atoms with van der Waals surface area (Å²) in [5.41, 5.74) is 1.25. The van der Waals surface area contributed by atoms with Gasteiger partial charge in [0.15, 0.2) is 0 Å². The number of benzene rings is 2. The van der Waals surface area contributed by atoms with E-state index in [-0.39, 0.29) is 11.6 Å². The summed E-state index contributed by atoms with van der Waals surface area (Å²) >= 11 is 0. The van der Waals surface area contributed by atoms with E-state index in [2.05, 4.69) is 10.6 Å². The van der Waals surface area contributed by atoms with Crippen LogP contribution in [0.5, 0.6) is 0 Å². The van der Waals surface area contributed by atoms with Crippen molar-refractivity contribution in [3.8, 4) is 0 Å². The highest BCUT2D eigenvalue weighted by Gasteiger charge is 2.31. The van der Waals surface area contributed by atoms with E-state index in [1.807, 2.05) is 24.3 Å². The molecule has 2 aromatic carbocycles. The molecule has 1 atom stereocenters. The Labute approximate surface area is 125 Å². The van der Waals surface area contributed by atoms with Crippen molar-refractivity contribution in [1.29, 1.82) is 0 Å². The van der Waals surface area contributed by atoms with Crippen molar-refractivity contribution in [2.75, 3.05) is 10.6 Å². The van der Waals surface area contributed by atoms with Gasteiger partial charge in [0.2, 0.25) is 5.91 Å². The third-order valence-corrected chi connectivity index (χ3v) is 3.55. The molecule has 1 unspecified atom stereocenters. The molecule has 3 rings (SSSR count). The van der Waals surface area contributed by atoms with Crippen LogP contribution in [-0.2, 0) is 17.4 Å². The van der Waals surface area contributed by atoms with E-state index < -0.39 is 17.8 Å². The molecule has 0 spiro atoms. The molecule has 22 heavy (non-hydrogen) atoms. The van der Waals surface area contributed by atoms with E-state index in [0.29, 0.717) is 6.42 Å². The number of fused-ring (bicyclic) bond motifs is 1. The lowest BCUT2D eigenvalue weighted by Gasteiger charge is -2.13. The first-order chi connectivity index (χ1) is 10.4. The molecule has 0 saturated carbocycles. The summed E-state index contributed by atoms with van der Waals surface area (Å²) in [7, 11) is 0. The van der Waals surface area contributed by atoms with Crippen LogP contribution in [0.4, 0.5) is 24.5 Å². The molecule has 2 N–H and O–H groups in total. The van der Waals surface area contributed by atoms with Gasteiger partial charge in [-0.2, -0.15) is 13.2 Å². The normalized spacial score (nSPS) is 16.8.